The molecule has 0 saturated heterocycles. The Morgan fingerprint density at radius 3 is 2.29 bits per heavy atom. The molecule has 0 saturated carbocycles. The molecule has 2 amide bonds. The highest BCUT2D eigenvalue weighted by Gasteiger charge is 2.17. The van der Waals surface area contributed by atoms with Gasteiger partial charge in [0.25, 0.3) is 0 Å². The summed E-state index contributed by atoms with van der Waals surface area (Å²) in [7, 11) is 1.60. The van der Waals surface area contributed by atoms with Crippen molar-refractivity contribution in [3.63, 3.8) is 0 Å². The fourth-order valence-corrected chi connectivity index (χ4v) is 1.76. The quantitative estimate of drug-likeness (QED) is 0.895. The predicted octanol–water partition coefficient (Wildman–Crippen LogP) is 2.73. The van der Waals surface area contributed by atoms with Crippen LogP contribution in [0.4, 0.5) is 4.79 Å². The summed E-state index contributed by atoms with van der Waals surface area (Å²) in [5, 5.41) is 13.8. The first kappa shape index (κ1) is 19.4. The van der Waals surface area contributed by atoms with Crippen molar-refractivity contribution >= 4 is 23.3 Å². The maximum absolute atomic E-state index is 11.6. The Morgan fingerprint density at radius 1 is 1.38 bits per heavy atom. The van der Waals surface area contributed by atoms with Crippen LogP contribution < -0.4 is 5.32 Å². The molecule has 1 heterocycles. The zero-order valence-corrected chi connectivity index (χ0v) is 14.3. The van der Waals surface area contributed by atoms with Crippen LogP contribution in [-0.2, 0) is 11.3 Å². The van der Waals surface area contributed by atoms with Crippen molar-refractivity contribution in [2.24, 2.45) is 5.92 Å². The average molecular weight is 315 g/mol. The normalized spacial score (nSPS) is 11.4. The molecule has 1 aromatic heterocycles. The minimum atomic E-state index is -1.06. The molecular weight excluding hydrogens is 290 g/mol. The SMILES string of the molecule is CC(C)C.Cc1nc(CN(C)C(=O)NC(C)C(=O)O)cs1. The van der Waals surface area contributed by atoms with Crippen molar-refractivity contribution in [2.75, 3.05) is 7.05 Å². The fourth-order valence-electron chi connectivity index (χ4n) is 1.15. The van der Waals surface area contributed by atoms with E-state index in [0.29, 0.717) is 6.54 Å². The minimum Gasteiger partial charge on any atom is -0.480 e. The molecule has 6 nitrogen and oxygen atoms in total. The van der Waals surface area contributed by atoms with Gasteiger partial charge < -0.3 is 15.3 Å². The first-order chi connectivity index (χ1) is 9.63. The predicted molar refractivity (Wildman–Crippen MR) is 84.5 cm³/mol. The van der Waals surface area contributed by atoms with Crippen LogP contribution in [0.15, 0.2) is 5.38 Å². The third kappa shape index (κ3) is 9.01. The van der Waals surface area contributed by atoms with Gasteiger partial charge in [-0.1, -0.05) is 20.8 Å². The molecule has 120 valence electrons. The van der Waals surface area contributed by atoms with Crippen molar-refractivity contribution in [1.82, 2.24) is 15.2 Å². The number of carbonyl (C=O) groups excluding carboxylic acids is 1. The standard InChI is InChI=1S/C10H15N3O3S.C4H10/c1-6(9(14)15)11-10(16)13(3)4-8-5-17-7(2)12-8;1-4(2)3/h5-6H,4H2,1-3H3,(H,11,16)(H,14,15);4H,1-3H3. The second-order valence-corrected chi connectivity index (χ2v) is 6.52. The maximum atomic E-state index is 11.6. The van der Waals surface area contributed by atoms with E-state index in [4.69, 9.17) is 5.11 Å². The monoisotopic (exact) mass is 315 g/mol. The first-order valence-corrected chi connectivity index (χ1v) is 7.66. The molecule has 1 rings (SSSR count). The van der Waals surface area contributed by atoms with Crippen LogP contribution in [0.2, 0.25) is 0 Å². The number of amides is 2. The van der Waals surface area contributed by atoms with Gasteiger partial charge in [0, 0.05) is 12.4 Å². The van der Waals surface area contributed by atoms with Gasteiger partial charge in [-0.15, -0.1) is 11.3 Å². The van der Waals surface area contributed by atoms with E-state index >= 15 is 0 Å². The van der Waals surface area contributed by atoms with Crippen LogP contribution in [0.25, 0.3) is 0 Å². The molecule has 0 aliphatic rings. The Kier molecular flexibility index (Phi) is 8.61. The number of rotatable bonds is 4. The van der Waals surface area contributed by atoms with Gasteiger partial charge in [0.1, 0.15) is 6.04 Å². The Bertz CT molecular complexity index is 457. The van der Waals surface area contributed by atoms with Gasteiger partial charge in [0.15, 0.2) is 0 Å². The molecule has 0 fully saturated rings. The summed E-state index contributed by atoms with van der Waals surface area (Å²) in [6.45, 7) is 10.2. The maximum Gasteiger partial charge on any atom is 0.325 e. The number of urea groups is 1. The van der Waals surface area contributed by atoms with E-state index in [0.717, 1.165) is 16.6 Å². The average Bonchev–Trinajstić information content (AvgIpc) is 2.73. The number of carbonyl (C=O) groups is 2. The summed E-state index contributed by atoms with van der Waals surface area (Å²) in [5.41, 5.74) is 0.799. The number of carboxylic acids is 1. The molecule has 0 spiro atoms. The first-order valence-electron chi connectivity index (χ1n) is 6.78. The lowest BCUT2D eigenvalue weighted by molar-refractivity contribution is -0.138. The highest BCUT2D eigenvalue weighted by molar-refractivity contribution is 7.09. The van der Waals surface area contributed by atoms with Crippen LogP contribution in [0.5, 0.6) is 0 Å². The second-order valence-electron chi connectivity index (χ2n) is 5.46. The number of nitrogens with one attached hydrogen (secondary N) is 1. The molecular formula is C14H25N3O3S. The summed E-state index contributed by atoms with van der Waals surface area (Å²) < 4.78 is 0. The Morgan fingerprint density at radius 2 is 1.90 bits per heavy atom. The third-order valence-corrected chi connectivity index (χ3v) is 2.95. The molecule has 2 N–H and O–H groups in total. The van der Waals surface area contributed by atoms with Crippen molar-refractivity contribution in [2.45, 2.75) is 47.2 Å². The van der Waals surface area contributed by atoms with Crippen molar-refractivity contribution < 1.29 is 14.7 Å². The topological polar surface area (TPSA) is 82.5 Å². The molecule has 1 aromatic rings. The molecule has 0 aliphatic carbocycles. The van der Waals surface area contributed by atoms with Gasteiger partial charge >= 0.3 is 12.0 Å². The van der Waals surface area contributed by atoms with Gasteiger partial charge in [-0.05, 0) is 19.8 Å². The zero-order chi connectivity index (χ0) is 16.6. The van der Waals surface area contributed by atoms with Crippen molar-refractivity contribution in [3.05, 3.63) is 16.1 Å². The fraction of sp³-hybridized carbons (Fsp3) is 0.643. The summed E-state index contributed by atoms with van der Waals surface area (Å²) in [6.07, 6.45) is 0. The van der Waals surface area contributed by atoms with Crippen LogP contribution in [0.1, 0.15) is 38.4 Å². The Labute approximate surface area is 130 Å². The van der Waals surface area contributed by atoms with E-state index in [9.17, 15) is 9.59 Å². The Hall–Kier alpha value is -1.63. The number of carboxylic acid groups (broad SMARTS) is 1. The van der Waals surface area contributed by atoms with Gasteiger partial charge in [-0.25, -0.2) is 9.78 Å². The molecule has 1 unspecified atom stereocenters. The molecule has 0 radical (unpaired) electrons. The summed E-state index contributed by atoms with van der Waals surface area (Å²) in [4.78, 5) is 27.8. The second kappa shape index (κ2) is 9.33. The van der Waals surface area contributed by atoms with E-state index in [1.807, 2.05) is 12.3 Å². The summed E-state index contributed by atoms with van der Waals surface area (Å²) in [5.74, 6) is -0.226. The molecule has 1 atom stereocenters. The van der Waals surface area contributed by atoms with E-state index in [-0.39, 0.29) is 0 Å². The van der Waals surface area contributed by atoms with Crippen LogP contribution in [-0.4, -0.2) is 40.1 Å². The van der Waals surface area contributed by atoms with E-state index in [1.54, 1.807) is 7.05 Å². The van der Waals surface area contributed by atoms with Crippen LogP contribution >= 0.6 is 11.3 Å². The molecule has 0 aliphatic heterocycles. The van der Waals surface area contributed by atoms with Gasteiger partial charge in [-0.2, -0.15) is 0 Å². The van der Waals surface area contributed by atoms with Crippen LogP contribution in [0.3, 0.4) is 0 Å². The molecule has 21 heavy (non-hydrogen) atoms. The van der Waals surface area contributed by atoms with E-state index in [1.165, 1.54) is 23.2 Å². The van der Waals surface area contributed by atoms with E-state index in [2.05, 4.69) is 31.1 Å². The lowest BCUT2D eigenvalue weighted by Gasteiger charge is -2.18. The number of nitrogens with zero attached hydrogens (tertiary/aromatic N) is 2. The summed E-state index contributed by atoms with van der Waals surface area (Å²) in [6, 6.07) is -1.33. The number of thiazole rings is 1. The minimum absolute atomic E-state index is 0.364. The highest BCUT2D eigenvalue weighted by Crippen LogP contribution is 2.09. The number of aryl methyl sites for hydroxylation is 1. The van der Waals surface area contributed by atoms with Crippen molar-refractivity contribution in [1.29, 1.82) is 0 Å². The molecule has 7 heteroatoms. The van der Waals surface area contributed by atoms with Crippen molar-refractivity contribution in [3.8, 4) is 0 Å². The molecule has 0 bridgehead atoms. The smallest absolute Gasteiger partial charge is 0.325 e. The largest absolute Gasteiger partial charge is 0.480 e. The van der Waals surface area contributed by atoms with Gasteiger partial charge in [0.05, 0.1) is 17.2 Å². The number of hydrogen-bond acceptors (Lipinski definition) is 4. The van der Waals surface area contributed by atoms with Gasteiger partial charge in [0.2, 0.25) is 0 Å². The van der Waals surface area contributed by atoms with E-state index < -0.39 is 18.0 Å². The lowest BCUT2D eigenvalue weighted by atomic mass is 10.3. The van der Waals surface area contributed by atoms with Gasteiger partial charge in [-0.3, -0.25) is 4.79 Å². The molecule has 0 aromatic carbocycles. The summed E-state index contributed by atoms with van der Waals surface area (Å²) >= 11 is 1.51. The zero-order valence-electron chi connectivity index (χ0n) is 13.5. The third-order valence-electron chi connectivity index (χ3n) is 2.12. The number of aliphatic carboxylic acids is 1. The number of aromatic nitrogens is 1. The Balaban J connectivity index is 0.000000885. The lowest BCUT2D eigenvalue weighted by Crippen LogP contribution is -2.44. The highest BCUT2D eigenvalue weighted by atomic mass is 32.1. The van der Waals surface area contributed by atoms with Crippen LogP contribution in [0, 0.1) is 12.8 Å². The number of hydrogen-bond donors (Lipinski definition) is 2.